The Morgan fingerprint density at radius 1 is 0.810 bits per heavy atom. The van der Waals surface area contributed by atoms with Crippen LogP contribution in [0.4, 0.5) is 21.0 Å². The highest BCUT2D eigenvalue weighted by Gasteiger charge is 2.11. The number of carbonyl (C=O) groups is 2. The highest BCUT2D eigenvalue weighted by atomic mass is 16.6. The van der Waals surface area contributed by atoms with Crippen molar-refractivity contribution < 1.29 is 19.1 Å². The molecule has 10 heteroatoms. The molecule has 0 fully saturated rings. The molecule has 5 rings (SSSR count). The topological polar surface area (TPSA) is 131 Å². The van der Waals surface area contributed by atoms with Gasteiger partial charge in [-0.05, 0) is 72.7 Å². The Balaban J connectivity index is 1.18. The minimum absolute atomic E-state index is 0.223. The Labute approximate surface area is 242 Å². The molecule has 2 amide bonds. The van der Waals surface area contributed by atoms with Crippen molar-refractivity contribution in [2.24, 2.45) is 0 Å². The number of rotatable bonds is 10. The number of fused-ring (bicyclic) bond motifs is 1. The van der Waals surface area contributed by atoms with Gasteiger partial charge in [-0.25, -0.2) is 9.59 Å². The van der Waals surface area contributed by atoms with Gasteiger partial charge < -0.3 is 9.47 Å². The van der Waals surface area contributed by atoms with Crippen molar-refractivity contribution in [1.29, 1.82) is 0 Å². The second-order valence-electron chi connectivity index (χ2n) is 9.44. The van der Waals surface area contributed by atoms with Crippen molar-refractivity contribution in [3.05, 3.63) is 113 Å². The number of aromatic amines is 1. The lowest BCUT2D eigenvalue weighted by atomic mass is 10.1. The second-order valence-corrected chi connectivity index (χ2v) is 9.44. The molecule has 0 aliphatic rings. The summed E-state index contributed by atoms with van der Waals surface area (Å²) >= 11 is 0. The number of ether oxygens (including phenoxy) is 2. The molecule has 0 saturated carbocycles. The standard InChI is InChI=1S/C32H30N6O4/c1-22-19-30-27(21-29(22)36-32(40)42-18-14-25-9-3-5-16-34-25)28(37-38-30)12-11-23-7-6-10-26(20-23)35-31(39)41-17-13-24-8-2-4-15-33-24/h2-12,15-16,19-21H,13-14,17-18H2,1H3,(H,35,39)(H,36,40)(H,37,38). The van der Waals surface area contributed by atoms with E-state index in [1.807, 2.05) is 85.8 Å². The fourth-order valence-electron chi connectivity index (χ4n) is 4.24. The molecule has 0 atom stereocenters. The van der Waals surface area contributed by atoms with E-state index in [1.165, 1.54) is 0 Å². The minimum Gasteiger partial charge on any atom is -0.449 e. The molecule has 0 aliphatic carbocycles. The van der Waals surface area contributed by atoms with Crippen LogP contribution in [0.3, 0.4) is 0 Å². The van der Waals surface area contributed by atoms with Crippen LogP contribution in [0.5, 0.6) is 0 Å². The number of nitrogens with one attached hydrogen (secondary N) is 3. The predicted molar refractivity (Wildman–Crippen MR) is 162 cm³/mol. The normalized spacial score (nSPS) is 11.0. The van der Waals surface area contributed by atoms with Crippen LogP contribution in [0.15, 0.2) is 85.2 Å². The number of H-pyrrole nitrogens is 1. The van der Waals surface area contributed by atoms with E-state index in [-0.39, 0.29) is 13.2 Å². The maximum atomic E-state index is 12.4. The number of hydrogen-bond donors (Lipinski definition) is 3. The highest BCUT2D eigenvalue weighted by molar-refractivity contribution is 5.96. The first-order chi connectivity index (χ1) is 20.5. The van der Waals surface area contributed by atoms with Crippen LogP contribution in [0.25, 0.3) is 23.1 Å². The van der Waals surface area contributed by atoms with Gasteiger partial charge >= 0.3 is 12.2 Å². The molecular formula is C32H30N6O4. The van der Waals surface area contributed by atoms with Gasteiger partial charge in [-0.1, -0.05) is 30.3 Å². The largest absolute Gasteiger partial charge is 0.449 e. The van der Waals surface area contributed by atoms with Crippen LogP contribution in [0, 0.1) is 6.92 Å². The van der Waals surface area contributed by atoms with E-state index < -0.39 is 12.2 Å². The number of hydrogen-bond acceptors (Lipinski definition) is 7. The Bertz CT molecular complexity index is 1690. The van der Waals surface area contributed by atoms with E-state index in [2.05, 4.69) is 30.8 Å². The highest BCUT2D eigenvalue weighted by Crippen LogP contribution is 2.26. The lowest BCUT2D eigenvalue weighted by molar-refractivity contribution is 0.161. The molecule has 0 radical (unpaired) electrons. The third-order valence-corrected chi connectivity index (χ3v) is 6.38. The molecule has 212 valence electrons. The number of anilines is 2. The summed E-state index contributed by atoms with van der Waals surface area (Å²) in [5.74, 6) is 0. The number of pyridine rings is 2. The molecule has 2 aromatic carbocycles. The van der Waals surface area contributed by atoms with Gasteiger partial charge in [0.2, 0.25) is 0 Å². The smallest absolute Gasteiger partial charge is 0.411 e. The van der Waals surface area contributed by atoms with Crippen LogP contribution < -0.4 is 10.6 Å². The zero-order valence-electron chi connectivity index (χ0n) is 23.0. The lowest BCUT2D eigenvalue weighted by Crippen LogP contribution is -2.16. The van der Waals surface area contributed by atoms with Gasteiger partial charge in [0.1, 0.15) is 0 Å². The molecule has 0 aliphatic heterocycles. The summed E-state index contributed by atoms with van der Waals surface area (Å²) in [6, 6.07) is 22.4. The van der Waals surface area contributed by atoms with Crippen molar-refractivity contribution in [2.75, 3.05) is 23.8 Å². The number of benzene rings is 2. The first-order valence-electron chi connectivity index (χ1n) is 13.5. The summed E-state index contributed by atoms with van der Waals surface area (Å²) in [6.07, 6.45) is 7.19. The van der Waals surface area contributed by atoms with Gasteiger partial charge in [-0.15, -0.1) is 0 Å². The monoisotopic (exact) mass is 562 g/mol. The molecule has 10 nitrogen and oxygen atoms in total. The molecule has 0 spiro atoms. The first kappa shape index (κ1) is 28.0. The number of nitrogens with zero attached hydrogens (tertiary/aromatic N) is 3. The zero-order chi connectivity index (χ0) is 29.1. The van der Waals surface area contributed by atoms with Crippen molar-refractivity contribution >= 4 is 46.6 Å². The van der Waals surface area contributed by atoms with Gasteiger partial charge in [0, 0.05) is 53.4 Å². The molecule has 0 saturated heterocycles. The predicted octanol–water partition coefficient (Wildman–Crippen LogP) is 6.41. The van der Waals surface area contributed by atoms with Crippen molar-refractivity contribution in [3.63, 3.8) is 0 Å². The molecule has 3 N–H and O–H groups in total. The van der Waals surface area contributed by atoms with E-state index in [0.717, 1.165) is 33.4 Å². The summed E-state index contributed by atoms with van der Waals surface area (Å²) < 4.78 is 10.6. The van der Waals surface area contributed by atoms with Crippen molar-refractivity contribution in [3.8, 4) is 0 Å². The maximum Gasteiger partial charge on any atom is 0.411 e. The van der Waals surface area contributed by atoms with Crippen LogP contribution in [0.2, 0.25) is 0 Å². The van der Waals surface area contributed by atoms with Crippen molar-refractivity contribution in [1.82, 2.24) is 20.2 Å². The Morgan fingerprint density at radius 2 is 1.50 bits per heavy atom. The molecule has 0 bridgehead atoms. The minimum atomic E-state index is -0.534. The van der Waals surface area contributed by atoms with Gasteiger partial charge in [-0.3, -0.25) is 25.7 Å². The number of carbonyl (C=O) groups excluding carboxylic acids is 2. The number of amides is 2. The number of aromatic nitrogens is 4. The average molecular weight is 563 g/mol. The lowest BCUT2D eigenvalue weighted by Gasteiger charge is -2.10. The van der Waals surface area contributed by atoms with Gasteiger partial charge in [0.25, 0.3) is 0 Å². The van der Waals surface area contributed by atoms with E-state index >= 15 is 0 Å². The Kier molecular flexibility index (Phi) is 9.15. The van der Waals surface area contributed by atoms with Crippen LogP contribution in [-0.4, -0.2) is 45.6 Å². The van der Waals surface area contributed by atoms with Gasteiger partial charge in [-0.2, -0.15) is 5.10 Å². The summed E-state index contributed by atoms with van der Waals surface area (Å²) in [4.78, 5) is 33.1. The van der Waals surface area contributed by atoms with E-state index in [0.29, 0.717) is 29.9 Å². The van der Waals surface area contributed by atoms with E-state index in [1.54, 1.807) is 18.5 Å². The fourth-order valence-corrected chi connectivity index (χ4v) is 4.24. The maximum absolute atomic E-state index is 12.4. The third kappa shape index (κ3) is 7.79. The van der Waals surface area contributed by atoms with Crippen LogP contribution in [-0.2, 0) is 22.3 Å². The van der Waals surface area contributed by atoms with Crippen LogP contribution >= 0.6 is 0 Å². The average Bonchev–Trinajstić information content (AvgIpc) is 3.39. The molecule has 42 heavy (non-hydrogen) atoms. The van der Waals surface area contributed by atoms with Crippen LogP contribution in [0.1, 0.15) is 28.2 Å². The number of aryl methyl sites for hydroxylation is 1. The van der Waals surface area contributed by atoms with E-state index in [4.69, 9.17) is 9.47 Å². The van der Waals surface area contributed by atoms with Crippen molar-refractivity contribution in [2.45, 2.75) is 19.8 Å². The fraction of sp³-hybridized carbons (Fsp3) is 0.156. The quantitative estimate of drug-likeness (QED) is 0.179. The summed E-state index contributed by atoms with van der Waals surface area (Å²) in [5, 5.41) is 13.9. The summed E-state index contributed by atoms with van der Waals surface area (Å²) in [5.41, 5.74) is 6.22. The molecule has 3 aromatic heterocycles. The molecule has 3 heterocycles. The zero-order valence-corrected chi connectivity index (χ0v) is 23.0. The Morgan fingerprint density at radius 3 is 2.17 bits per heavy atom. The molecule has 0 unspecified atom stereocenters. The van der Waals surface area contributed by atoms with Gasteiger partial charge in [0.15, 0.2) is 0 Å². The second kappa shape index (κ2) is 13.7. The molecule has 5 aromatic rings. The van der Waals surface area contributed by atoms with Gasteiger partial charge in [0.05, 0.1) is 24.4 Å². The third-order valence-electron chi connectivity index (χ3n) is 6.38. The summed E-state index contributed by atoms with van der Waals surface area (Å²) in [6.45, 7) is 2.36. The first-order valence-corrected chi connectivity index (χ1v) is 13.5. The van der Waals surface area contributed by atoms with E-state index in [9.17, 15) is 9.59 Å². The summed E-state index contributed by atoms with van der Waals surface area (Å²) in [7, 11) is 0. The molecular weight excluding hydrogens is 532 g/mol. The SMILES string of the molecule is Cc1cc2[nH]nc(C=Cc3cccc(NC(=O)OCCc4ccccn4)c3)c2cc1NC(=O)OCCc1ccccn1. The Hall–Kier alpha value is -5.51.